The smallest absolute Gasteiger partial charge is 0.328 e. The maximum absolute atomic E-state index is 11.5. The molecule has 104 valence electrons. The number of methoxy groups -OCH3 is 2. The molecule has 0 radical (unpaired) electrons. The van der Waals surface area contributed by atoms with Crippen molar-refractivity contribution >= 4 is 11.9 Å². The minimum atomic E-state index is -0.697. The van der Waals surface area contributed by atoms with Crippen molar-refractivity contribution in [3.8, 4) is 11.5 Å². The van der Waals surface area contributed by atoms with Crippen LogP contribution in [0.15, 0.2) is 24.3 Å². The van der Waals surface area contributed by atoms with Crippen LogP contribution in [-0.2, 0) is 14.3 Å². The van der Waals surface area contributed by atoms with E-state index >= 15 is 0 Å². The van der Waals surface area contributed by atoms with E-state index in [0.29, 0.717) is 11.5 Å². The first-order valence-electron chi connectivity index (χ1n) is 5.71. The number of nitrogens with one attached hydrogen (secondary N) is 1. The Hall–Kier alpha value is -2.24. The van der Waals surface area contributed by atoms with E-state index in [0.717, 1.165) is 0 Å². The van der Waals surface area contributed by atoms with Gasteiger partial charge < -0.3 is 19.5 Å². The first kappa shape index (κ1) is 14.8. The van der Waals surface area contributed by atoms with Crippen molar-refractivity contribution in [3.05, 3.63) is 24.3 Å². The van der Waals surface area contributed by atoms with Crippen molar-refractivity contribution in [2.45, 2.75) is 13.0 Å². The van der Waals surface area contributed by atoms with Gasteiger partial charge in [0.1, 0.15) is 17.5 Å². The third-order valence-electron chi connectivity index (χ3n) is 2.36. The van der Waals surface area contributed by atoms with E-state index in [1.54, 1.807) is 31.4 Å². The van der Waals surface area contributed by atoms with Gasteiger partial charge in [-0.15, -0.1) is 0 Å². The zero-order chi connectivity index (χ0) is 14.3. The van der Waals surface area contributed by atoms with Crippen LogP contribution in [0, 0.1) is 0 Å². The number of esters is 1. The Morgan fingerprint density at radius 1 is 1.16 bits per heavy atom. The second kappa shape index (κ2) is 7.25. The predicted molar refractivity (Wildman–Crippen MR) is 68.1 cm³/mol. The largest absolute Gasteiger partial charge is 0.497 e. The molecule has 19 heavy (non-hydrogen) atoms. The molecule has 0 saturated heterocycles. The molecule has 0 bridgehead atoms. The van der Waals surface area contributed by atoms with Crippen LogP contribution in [0.2, 0.25) is 0 Å². The van der Waals surface area contributed by atoms with Gasteiger partial charge in [-0.2, -0.15) is 0 Å². The van der Waals surface area contributed by atoms with Gasteiger partial charge in [0.2, 0.25) is 0 Å². The molecule has 1 atom stereocenters. The fourth-order valence-electron chi connectivity index (χ4n) is 1.34. The zero-order valence-electron chi connectivity index (χ0n) is 11.1. The molecular formula is C13H17NO5. The average Bonchev–Trinajstić information content (AvgIpc) is 2.44. The maximum atomic E-state index is 11.5. The maximum Gasteiger partial charge on any atom is 0.328 e. The quantitative estimate of drug-likeness (QED) is 0.770. The molecule has 0 aliphatic carbocycles. The second-order valence-corrected chi connectivity index (χ2v) is 3.78. The molecule has 1 N–H and O–H groups in total. The SMILES string of the molecule is COC(=O)[C@H](C)NC(=O)COc1ccc(OC)cc1. The van der Waals surface area contributed by atoms with Gasteiger partial charge in [-0.05, 0) is 31.2 Å². The first-order valence-corrected chi connectivity index (χ1v) is 5.71. The summed E-state index contributed by atoms with van der Waals surface area (Å²) in [6, 6.07) is 6.14. The van der Waals surface area contributed by atoms with Crippen LogP contribution >= 0.6 is 0 Å². The molecule has 1 rings (SSSR count). The zero-order valence-corrected chi connectivity index (χ0v) is 11.1. The van der Waals surface area contributed by atoms with Crippen molar-refractivity contribution in [1.29, 1.82) is 0 Å². The van der Waals surface area contributed by atoms with E-state index < -0.39 is 17.9 Å². The molecule has 0 aliphatic rings. The van der Waals surface area contributed by atoms with Crippen LogP contribution in [0.25, 0.3) is 0 Å². The summed E-state index contributed by atoms with van der Waals surface area (Å²) in [6.07, 6.45) is 0. The van der Waals surface area contributed by atoms with E-state index in [1.165, 1.54) is 14.0 Å². The van der Waals surface area contributed by atoms with E-state index in [4.69, 9.17) is 9.47 Å². The van der Waals surface area contributed by atoms with Gasteiger partial charge in [0.25, 0.3) is 5.91 Å². The van der Waals surface area contributed by atoms with E-state index in [1.807, 2.05) is 0 Å². The van der Waals surface area contributed by atoms with E-state index in [2.05, 4.69) is 10.1 Å². The lowest BCUT2D eigenvalue weighted by molar-refractivity contribution is -0.144. The Labute approximate surface area is 111 Å². The lowest BCUT2D eigenvalue weighted by Crippen LogP contribution is -2.41. The molecule has 0 heterocycles. The first-order chi connectivity index (χ1) is 9.06. The Bertz CT molecular complexity index is 429. The molecule has 0 fully saturated rings. The van der Waals surface area contributed by atoms with Crippen LogP contribution < -0.4 is 14.8 Å². The van der Waals surface area contributed by atoms with Crippen LogP contribution in [0.4, 0.5) is 0 Å². The standard InChI is InChI=1S/C13H17NO5/c1-9(13(16)18-3)14-12(15)8-19-11-6-4-10(17-2)5-7-11/h4-7,9H,8H2,1-3H3,(H,14,15)/t9-/m0/s1. The number of hydrogen-bond donors (Lipinski definition) is 1. The summed E-state index contributed by atoms with van der Waals surface area (Å²) in [4.78, 5) is 22.6. The third-order valence-corrected chi connectivity index (χ3v) is 2.36. The van der Waals surface area contributed by atoms with E-state index in [9.17, 15) is 9.59 Å². The monoisotopic (exact) mass is 267 g/mol. The molecule has 1 aromatic rings. The van der Waals surface area contributed by atoms with Crippen molar-refractivity contribution in [2.75, 3.05) is 20.8 Å². The molecule has 0 unspecified atom stereocenters. The molecular weight excluding hydrogens is 250 g/mol. The summed E-state index contributed by atoms with van der Waals surface area (Å²) >= 11 is 0. The van der Waals surface area contributed by atoms with Crippen LogP contribution in [-0.4, -0.2) is 38.7 Å². The van der Waals surface area contributed by atoms with Gasteiger partial charge in [0.05, 0.1) is 14.2 Å². The molecule has 1 aromatic carbocycles. The molecule has 0 spiro atoms. The summed E-state index contributed by atoms with van der Waals surface area (Å²) in [5.41, 5.74) is 0. The molecule has 0 saturated carbocycles. The summed E-state index contributed by atoms with van der Waals surface area (Å²) < 4.78 is 14.8. The van der Waals surface area contributed by atoms with Crippen molar-refractivity contribution in [2.24, 2.45) is 0 Å². The normalized spacial score (nSPS) is 11.3. The van der Waals surface area contributed by atoms with Gasteiger partial charge in [-0.3, -0.25) is 4.79 Å². The lowest BCUT2D eigenvalue weighted by Gasteiger charge is -2.12. The fraction of sp³-hybridized carbons (Fsp3) is 0.385. The Kier molecular flexibility index (Phi) is 5.66. The Balaban J connectivity index is 2.39. The second-order valence-electron chi connectivity index (χ2n) is 3.78. The molecule has 0 aliphatic heterocycles. The van der Waals surface area contributed by atoms with Gasteiger partial charge >= 0.3 is 5.97 Å². The van der Waals surface area contributed by atoms with Crippen molar-refractivity contribution < 1.29 is 23.8 Å². The van der Waals surface area contributed by atoms with Gasteiger partial charge in [-0.25, -0.2) is 4.79 Å². The van der Waals surface area contributed by atoms with Crippen LogP contribution in [0.1, 0.15) is 6.92 Å². The number of carbonyl (C=O) groups excluding carboxylic acids is 2. The highest BCUT2D eigenvalue weighted by atomic mass is 16.5. The number of amides is 1. The summed E-state index contributed by atoms with van der Waals surface area (Å²) in [7, 11) is 2.83. The molecule has 6 heteroatoms. The van der Waals surface area contributed by atoms with Crippen molar-refractivity contribution in [3.63, 3.8) is 0 Å². The lowest BCUT2D eigenvalue weighted by atomic mass is 10.3. The number of hydrogen-bond acceptors (Lipinski definition) is 5. The summed E-state index contributed by atoms with van der Waals surface area (Å²) in [6.45, 7) is 1.37. The fourth-order valence-corrected chi connectivity index (χ4v) is 1.34. The Morgan fingerprint density at radius 2 is 1.74 bits per heavy atom. The summed E-state index contributed by atoms with van der Waals surface area (Å²) in [5, 5.41) is 2.46. The highest BCUT2D eigenvalue weighted by Crippen LogP contribution is 2.16. The number of rotatable bonds is 6. The van der Waals surface area contributed by atoms with E-state index in [-0.39, 0.29) is 6.61 Å². The minimum Gasteiger partial charge on any atom is -0.497 e. The van der Waals surface area contributed by atoms with Gasteiger partial charge in [0, 0.05) is 0 Å². The summed E-state index contributed by atoms with van der Waals surface area (Å²) in [5.74, 6) is 0.351. The van der Waals surface area contributed by atoms with Crippen molar-refractivity contribution in [1.82, 2.24) is 5.32 Å². The molecule has 6 nitrogen and oxygen atoms in total. The average molecular weight is 267 g/mol. The highest BCUT2D eigenvalue weighted by Gasteiger charge is 2.15. The minimum absolute atomic E-state index is 0.173. The highest BCUT2D eigenvalue weighted by molar-refractivity contribution is 5.84. The van der Waals surface area contributed by atoms with Crippen LogP contribution in [0.5, 0.6) is 11.5 Å². The number of carbonyl (C=O) groups is 2. The van der Waals surface area contributed by atoms with Gasteiger partial charge in [-0.1, -0.05) is 0 Å². The Morgan fingerprint density at radius 3 is 2.26 bits per heavy atom. The number of ether oxygens (including phenoxy) is 3. The van der Waals surface area contributed by atoms with Crippen LogP contribution in [0.3, 0.4) is 0 Å². The topological polar surface area (TPSA) is 73.9 Å². The third kappa shape index (κ3) is 4.87. The molecule has 1 amide bonds. The predicted octanol–water partition coefficient (Wildman–Crippen LogP) is 0.752. The van der Waals surface area contributed by atoms with Gasteiger partial charge in [0.15, 0.2) is 6.61 Å². The number of benzene rings is 1. The molecule has 0 aromatic heterocycles.